The minimum atomic E-state index is -0.324. The standard InChI is InChI=1S/C15H15N3O/c1-15(9-10-6-7-11(15)8-10)14(19)18-13-5-3-2-4-12(13)16-17-18/h2-7,10-11H,8-9H2,1H3/t10-,11-,15-/m0/s1. The van der Waals surface area contributed by atoms with Crippen molar-refractivity contribution in [2.75, 3.05) is 0 Å². The molecule has 1 aromatic heterocycles. The van der Waals surface area contributed by atoms with Crippen LogP contribution in [0.2, 0.25) is 0 Å². The molecule has 2 bridgehead atoms. The van der Waals surface area contributed by atoms with E-state index in [1.807, 2.05) is 24.3 Å². The Morgan fingerprint density at radius 3 is 2.95 bits per heavy atom. The number of allylic oxidation sites excluding steroid dienone is 2. The summed E-state index contributed by atoms with van der Waals surface area (Å²) >= 11 is 0. The van der Waals surface area contributed by atoms with E-state index in [-0.39, 0.29) is 11.3 Å². The van der Waals surface area contributed by atoms with E-state index in [0.29, 0.717) is 11.8 Å². The van der Waals surface area contributed by atoms with Gasteiger partial charge in [-0.05, 0) is 36.8 Å². The summed E-state index contributed by atoms with van der Waals surface area (Å²) in [6.45, 7) is 2.07. The summed E-state index contributed by atoms with van der Waals surface area (Å²) in [6.07, 6.45) is 6.49. The lowest BCUT2D eigenvalue weighted by molar-refractivity contribution is 0.0664. The maximum absolute atomic E-state index is 12.9. The Morgan fingerprint density at radius 2 is 2.21 bits per heavy atom. The first kappa shape index (κ1) is 10.9. The third kappa shape index (κ3) is 1.37. The fourth-order valence-electron chi connectivity index (χ4n) is 3.60. The summed E-state index contributed by atoms with van der Waals surface area (Å²) in [4.78, 5) is 12.9. The van der Waals surface area contributed by atoms with Crippen molar-refractivity contribution in [2.24, 2.45) is 17.3 Å². The quantitative estimate of drug-likeness (QED) is 0.734. The zero-order chi connectivity index (χ0) is 13.0. The molecule has 19 heavy (non-hydrogen) atoms. The lowest BCUT2D eigenvalue weighted by Gasteiger charge is -2.29. The van der Waals surface area contributed by atoms with Crippen LogP contribution in [0, 0.1) is 17.3 Å². The highest BCUT2D eigenvalue weighted by Crippen LogP contribution is 2.52. The minimum Gasteiger partial charge on any atom is -0.272 e. The fraction of sp³-hybridized carbons (Fsp3) is 0.400. The van der Waals surface area contributed by atoms with Crippen LogP contribution < -0.4 is 0 Å². The van der Waals surface area contributed by atoms with Crippen molar-refractivity contribution in [3.8, 4) is 0 Å². The number of carbonyl (C=O) groups excluding carboxylic acids is 1. The summed E-state index contributed by atoms with van der Waals surface area (Å²) in [7, 11) is 0. The molecule has 0 N–H and O–H groups in total. The molecule has 4 rings (SSSR count). The van der Waals surface area contributed by atoms with Gasteiger partial charge in [-0.2, -0.15) is 4.68 Å². The smallest absolute Gasteiger partial charge is 0.255 e. The van der Waals surface area contributed by atoms with Crippen molar-refractivity contribution in [3.05, 3.63) is 36.4 Å². The van der Waals surface area contributed by atoms with E-state index in [1.165, 1.54) is 4.68 Å². The summed E-state index contributed by atoms with van der Waals surface area (Å²) in [5, 5.41) is 8.14. The number of fused-ring (bicyclic) bond motifs is 3. The third-order valence-corrected chi connectivity index (χ3v) is 4.71. The van der Waals surface area contributed by atoms with Gasteiger partial charge in [-0.1, -0.05) is 36.4 Å². The van der Waals surface area contributed by atoms with Crippen LogP contribution in [-0.4, -0.2) is 20.9 Å². The van der Waals surface area contributed by atoms with E-state index >= 15 is 0 Å². The zero-order valence-corrected chi connectivity index (χ0v) is 10.8. The molecule has 4 nitrogen and oxygen atoms in total. The van der Waals surface area contributed by atoms with Gasteiger partial charge in [0.1, 0.15) is 5.52 Å². The summed E-state index contributed by atoms with van der Waals surface area (Å²) < 4.78 is 1.49. The Balaban J connectivity index is 1.81. The van der Waals surface area contributed by atoms with Crippen LogP contribution in [0.4, 0.5) is 0 Å². The molecule has 2 aliphatic rings. The first-order valence-electron chi connectivity index (χ1n) is 6.72. The molecule has 0 radical (unpaired) electrons. The third-order valence-electron chi connectivity index (χ3n) is 4.71. The van der Waals surface area contributed by atoms with Crippen LogP contribution in [0.1, 0.15) is 24.6 Å². The van der Waals surface area contributed by atoms with E-state index in [1.54, 1.807) is 0 Å². The molecule has 1 saturated carbocycles. The number of para-hydroxylation sites is 1. The van der Waals surface area contributed by atoms with Crippen molar-refractivity contribution in [1.82, 2.24) is 15.0 Å². The van der Waals surface area contributed by atoms with E-state index in [9.17, 15) is 4.79 Å². The molecular weight excluding hydrogens is 238 g/mol. The van der Waals surface area contributed by atoms with Crippen LogP contribution in [0.15, 0.2) is 36.4 Å². The first-order chi connectivity index (χ1) is 9.18. The molecule has 4 heteroatoms. The molecule has 0 unspecified atom stereocenters. The van der Waals surface area contributed by atoms with Crippen LogP contribution in [-0.2, 0) is 0 Å². The van der Waals surface area contributed by atoms with Crippen molar-refractivity contribution >= 4 is 16.9 Å². The number of carbonyl (C=O) groups is 1. The Labute approximate surface area is 111 Å². The van der Waals surface area contributed by atoms with Gasteiger partial charge < -0.3 is 0 Å². The van der Waals surface area contributed by atoms with Gasteiger partial charge in [0.2, 0.25) is 0 Å². The lowest BCUT2D eigenvalue weighted by Crippen LogP contribution is -2.36. The number of nitrogens with zero attached hydrogens (tertiary/aromatic N) is 3. The maximum Gasteiger partial charge on any atom is 0.255 e. The second-order valence-electron chi connectivity index (χ2n) is 5.90. The van der Waals surface area contributed by atoms with Crippen molar-refractivity contribution < 1.29 is 4.79 Å². The second kappa shape index (κ2) is 3.53. The Bertz CT molecular complexity index is 702. The Kier molecular flexibility index (Phi) is 2.03. The predicted octanol–water partition coefficient (Wildman–Crippen LogP) is 2.67. The Morgan fingerprint density at radius 1 is 1.37 bits per heavy atom. The van der Waals surface area contributed by atoms with Gasteiger partial charge in [-0.3, -0.25) is 4.79 Å². The van der Waals surface area contributed by atoms with Gasteiger partial charge in [0.15, 0.2) is 0 Å². The predicted molar refractivity (Wildman–Crippen MR) is 71.6 cm³/mol. The normalized spacial score (nSPS) is 32.3. The van der Waals surface area contributed by atoms with Gasteiger partial charge in [0.25, 0.3) is 5.91 Å². The summed E-state index contributed by atoms with van der Waals surface area (Å²) in [5.41, 5.74) is 1.26. The largest absolute Gasteiger partial charge is 0.272 e. The van der Waals surface area contributed by atoms with Crippen LogP contribution in [0.25, 0.3) is 11.0 Å². The van der Waals surface area contributed by atoms with E-state index < -0.39 is 0 Å². The van der Waals surface area contributed by atoms with Gasteiger partial charge in [0, 0.05) is 0 Å². The first-order valence-corrected chi connectivity index (χ1v) is 6.72. The van der Waals surface area contributed by atoms with E-state index in [0.717, 1.165) is 23.9 Å². The highest BCUT2D eigenvalue weighted by Gasteiger charge is 2.51. The lowest BCUT2D eigenvalue weighted by atomic mass is 9.77. The van der Waals surface area contributed by atoms with Crippen LogP contribution >= 0.6 is 0 Å². The number of rotatable bonds is 1. The average Bonchev–Trinajstić information content (AvgIpc) is 3.11. The minimum absolute atomic E-state index is 0.0815. The molecule has 96 valence electrons. The van der Waals surface area contributed by atoms with Gasteiger partial charge >= 0.3 is 0 Å². The van der Waals surface area contributed by atoms with Crippen LogP contribution in [0.3, 0.4) is 0 Å². The molecule has 2 aromatic rings. The molecule has 0 spiro atoms. The van der Waals surface area contributed by atoms with Crippen molar-refractivity contribution in [1.29, 1.82) is 0 Å². The van der Waals surface area contributed by atoms with E-state index in [4.69, 9.17) is 0 Å². The average molecular weight is 253 g/mol. The summed E-state index contributed by atoms with van der Waals surface area (Å²) in [6, 6.07) is 7.61. The van der Waals surface area contributed by atoms with Crippen molar-refractivity contribution in [3.63, 3.8) is 0 Å². The number of hydrogen-bond donors (Lipinski definition) is 0. The van der Waals surface area contributed by atoms with Crippen molar-refractivity contribution in [2.45, 2.75) is 19.8 Å². The second-order valence-corrected chi connectivity index (χ2v) is 5.90. The molecule has 0 saturated heterocycles. The van der Waals surface area contributed by atoms with E-state index in [2.05, 4.69) is 29.4 Å². The van der Waals surface area contributed by atoms with Gasteiger partial charge in [-0.25, -0.2) is 0 Å². The number of aromatic nitrogens is 3. The number of benzene rings is 1. The molecule has 1 aromatic carbocycles. The topological polar surface area (TPSA) is 47.8 Å². The fourth-order valence-corrected chi connectivity index (χ4v) is 3.60. The molecule has 3 atom stereocenters. The highest BCUT2D eigenvalue weighted by molar-refractivity contribution is 5.92. The maximum atomic E-state index is 12.9. The summed E-state index contributed by atoms with van der Waals surface area (Å²) in [5.74, 6) is 1.000. The molecule has 2 aliphatic carbocycles. The molecular formula is C15H15N3O. The highest BCUT2D eigenvalue weighted by atomic mass is 16.2. The molecule has 0 amide bonds. The monoisotopic (exact) mass is 253 g/mol. The Hall–Kier alpha value is -1.97. The van der Waals surface area contributed by atoms with Crippen LogP contribution in [0.5, 0.6) is 0 Å². The number of hydrogen-bond acceptors (Lipinski definition) is 3. The molecule has 1 fully saturated rings. The molecule has 1 heterocycles. The SMILES string of the molecule is C[C@]1(C(=O)n2nnc3ccccc32)C[C@H]2C=C[C@H]1C2. The zero-order valence-electron chi connectivity index (χ0n) is 10.8. The van der Waals surface area contributed by atoms with Gasteiger partial charge in [0.05, 0.1) is 10.9 Å². The van der Waals surface area contributed by atoms with Gasteiger partial charge in [-0.15, -0.1) is 5.10 Å². The molecule has 0 aliphatic heterocycles.